The molecule has 1 saturated heterocycles. The molecule has 144 valence electrons. The molecule has 1 fully saturated rings. The molecule has 5 heteroatoms. The lowest BCUT2D eigenvalue weighted by Crippen LogP contribution is -2.36. The summed E-state index contributed by atoms with van der Waals surface area (Å²) in [5, 5.41) is 0. The van der Waals surface area contributed by atoms with E-state index in [0.717, 1.165) is 31.5 Å². The van der Waals surface area contributed by atoms with Crippen molar-refractivity contribution in [1.29, 1.82) is 0 Å². The molecule has 2 aromatic rings. The van der Waals surface area contributed by atoms with Crippen molar-refractivity contribution in [2.24, 2.45) is 0 Å². The number of amides is 2. The number of hydrogen-bond donors (Lipinski definition) is 0. The number of benzene rings is 2. The van der Waals surface area contributed by atoms with Crippen molar-refractivity contribution in [2.45, 2.75) is 19.3 Å². The van der Waals surface area contributed by atoms with Crippen LogP contribution in [0.3, 0.4) is 0 Å². The van der Waals surface area contributed by atoms with Gasteiger partial charge in [0.2, 0.25) is 0 Å². The zero-order chi connectivity index (χ0) is 19.5. The number of carbonyl (C=O) groups excluding carboxylic acids is 2. The average Bonchev–Trinajstić information content (AvgIpc) is 3.34. The summed E-state index contributed by atoms with van der Waals surface area (Å²) in [4.78, 5) is 30.1. The molecule has 0 radical (unpaired) electrons. The summed E-state index contributed by atoms with van der Waals surface area (Å²) in [6.45, 7) is 1.98. The monoisotopic (exact) mass is 376 g/mol. The van der Waals surface area contributed by atoms with E-state index in [1.54, 1.807) is 7.11 Å². The van der Waals surface area contributed by atoms with E-state index in [9.17, 15) is 9.59 Å². The van der Waals surface area contributed by atoms with Crippen molar-refractivity contribution in [1.82, 2.24) is 9.80 Å². The minimum absolute atomic E-state index is 0.191. The molecule has 28 heavy (non-hydrogen) atoms. The SMILES string of the molecule is COc1ccccc1C1=C(N2CCCC2)C(=O)N(CCc2ccccc2)C1=O. The minimum Gasteiger partial charge on any atom is -0.496 e. The van der Waals surface area contributed by atoms with Crippen molar-refractivity contribution in [2.75, 3.05) is 26.7 Å². The van der Waals surface area contributed by atoms with Gasteiger partial charge in [0.15, 0.2) is 0 Å². The molecule has 2 aromatic carbocycles. The summed E-state index contributed by atoms with van der Waals surface area (Å²) < 4.78 is 5.48. The van der Waals surface area contributed by atoms with Crippen molar-refractivity contribution in [3.8, 4) is 5.75 Å². The van der Waals surface area contributed by atoms with Crippen molar-refractivity contribution in [3.05, 3.63) is 71.4 Å². The molecule has 4 rings (SSSR count). The number of ether oxygens (including phenoxy) is 1. The van der Waals surface area contributed by atoms with E-state index in [1.165, 1.54) is 4.90 Å². The van der Waals surface area contributed by atoms with Gasteiger partial charge in [-0.05, 0) is 30.9 Å². The fourth-order valence-corrected chi connectivity index (χ4v) is 3.98. The molecule has 0 aromatic heterocycles. The van der Waals surface area contributed by atoms with E-state index in [-0.39, 0.29) is 11.8 Å². The zero-order valence-corrected chi connectivity index (χ0v) is 16.1. The number of para-hydroxylation sites is 1. The van der Waals surface area contributed by atoms with Crippen LogP contribution in [0.4, 0.5) is 0 Å². The van der Waals surface area contributed by atoms with Gasteiger partial charge in [0.05, 0.1) is 12.7 Å². The maximum absolute atomic E-state index is 13.3. The number of likely N-dealkylation sites (tertiary alicyclic amines) is 1. The van der Waals surface area contributed by atoms with Crippen LogP contribution in [0.2, 0.25) is 0 Å². The van der Waals surface area contributed by atoms with E-state index >= 15 is 0 Å². The van der Waals surface area contributed by atoms with E-state index in [4.69, 9.17) is 4.74 Å². The molecular weight excluding hydrogens is 352 g/mol. The first-order chi connectivity index (χ1) is 13.7. The predicted octanol–water partition coefficient (Wildman–Crippen LogP) is 3.11. The Balaban J connectivity index is 1.69. The summed E-state index contributed by atoms with van der Waals surface area (Å²) in [5.41, 5.74) is 2.79. The smallest absolute Gasteiger partial charge is 0.277 e. The Morgan fingerprint density at radius 2 is 1.57 bits per heavy atom. The summed E-state index contributed by atoms with van der Waals surface area (Å²) in [6, 6.07) is 17.4. The maximum atomic E-state index is 13.3. The number of imide groups is 1. The van der Waals surface area contributed by atoms with Crippen LogP contribution in [0.5, 0.6) is 5.75 Å². The lowest BCUT2D eigenvalue weighted by atomic mass is 10.0. The molecule has 0 aliphatic carbocycles. The summed E-state index contributed by atoms with van der Waals surface area (Å²) in [5.74, 6) is 0.191. The molecule has 2 heterocycles. The van der Waals surface area contributed by atoms with Crippen LogP contribution in [-0.2, 0) is 16.0 Å². The fourth-order valence-electron chi connectivity index (χ4n) is 3.98. The minimum atomic E-state index is -0.229. The highest BCUT2D eigenvalue weighted by atomic mass is 16.5. The third-order valence-corrected chi connectivity index (χ3v) is 5.41. The number of nitrogens with zero attached hydrogens (tertiary/aromatic N) is 2. The van der Waals surface area contributed by atoms with E-state index in [1.807, 2.05) is 54.6 Å². The van der Waals surface area contributed by atoms with Gasteiger partial charge in [-0.3, -0.25) is 14.5 Å². The lowest BCUT2D eigenvalue weighted by Gasteiger charge is -2.20. The summed E-state index contributed by atoms with van der Waals surface area (Å²) >= 11 is 0. The topological polar surface area (TPSA) is 49.9 Å². The first kappa shape index (κ1) is 18.3. The Morgan fingerprint density at radius 1 is 0.893 bits per heavy atom. The standard InChI is InChI=1S/C23H24N2O3/c1-28-19-12-6-5-11-18(19)20-21(24-14-7-8-15-24)23(27)25(22(20)26)16-13-17-9-3-2-4-10-17/h2-6,9-12H,7-8,13-16H2,1H3. The van der Waals surface area contributed by atoms with E-state index < -0.39 is 0 Å². The Kier molecular flexibility index (Phi) is 5.15. The van der Waals surface area contributed by atoms with E-state index in [0.29, 0.717) is 35.5 Å². The predicted molar refractivity (Wildman–Crippen MR) is 108 cm³/mol. The van der Waals surface area contributed by atoms with Crippen LogP contribution >= 0.6 is 0 Å². The molecule has 0 spiro atoms. The van der Waals surface area contributed by atoms with E-state index in [2.05, 4.69) is 4.90 Å². The van der Waals surface area contributed by atoms with Gasteiger partial charge in [0.1, 0.15) is 11.4 Å². The van der Waals surface area contributed by atoms with Crippen molar-refractivity contribution in [3.63, 3.8) is 0 Å². The third kappa shape index (κ3) is 3.28. The van der Waals surface area contributed by atoms with Gasteiger partial charge in [0, 0.05) is 25.2 Å². The van der Waals surface area contributed by atoms with Crippen LogP contribution in [-0.4, -0.2) is 48.4 Å². The Morgan fingerprint density at radius 3 is 2.29 bits per heavy atom. The molecule has 0 atom stereocenters. The lowest BCUT2D eigenvalue weighted by molar-refractivity contribution is -0.137. The highest BCUT2D eigenvalue weighted by Crippen LogP contribution is 2.37. The van der Waals surface area contributed by atoms with Gasteiger partial charge < -0.3 is 9.64 Å². The Labute approximate surface area is 165 Å². The van der Waals surface area contributed by atoms with Gasteiger partial charge in [-0.15, -0.1) is 0 Å². The molecule has 2 aliphatic rings. The van der Waals surface area contributed by atoms with Gasteiger partial charge in [-0.1, -0.05) is 48.5 Å². The van der Waals surface area contributed by atoms with Crippen LogP contribution in [0.15, 0.2) is 60.3 Å². The molecule has 0 unspecified atom stereocenters. The normalized spacial score (nSPS) is 17.0. The van der Waals surface area contributed by atoms with Crippen molar-refractivity contribution >= 4 is 17.4 Å². The first-order valence-electron chi connectivity index (χ1n) is 9.73. The first-order valence-corrected chi connectivity index (χ1v) is 9.73. The van der Waals surface area contributed by atoms with Crippen molar-refractivity contribution < 1.29 is 14.3 Å². The van der Waals surface area contributed by atoms with Gasteiger partial charge in [-0.25, -0.2) is 0 Å². The second kappa shape index (κ2) is 7.89. The maximum Gasteiger partial charge on any atom is 0.277 e. The number of carbonyl (C=O) groups is 2. The van der Waals surface area contributed by atoms with Gasteiger partial charge in [-0.2, -0.15) is 0 Å². The number of methoxy groups -OCH3 is 1. The molecule has 5 nitrogen and oxygen atoms in total. The summed E-state index contributed by atoms with van der Waals surface area (Å²) in [6.07, 6.45) is 2.72. The third-order valence-electron chi connectivity index (χ3n) is 5.41. The highest BCUT2D eigenvalue weighted by Gasteiger charge is 2.42. The molecule has 0 N–H and O–H groups in total. The highest BCUT2D eigenvalue weighted by molar-refractivity contribution is 6.36. The molecule has 2 amide bonds. The summed E-state index contributed by atoms with van der Waals surface area (Å²) in [7, 11) is 1.59. The van der Waals surface area contributed by atoms with Crippen LogP contribution in [0.1, 0.15) is 24.0 Å². The second-order valence-corrected chi connectivity index (χ2v) is 7.12. The molecular formula is C23H24N2O3. The largest absolute Gasteiger partial charge is 0.496 e. The van der Waals surface area contributed by atoms with Gasteiger partial charge in [0.25, 0.3) is 11.8 Å². The number of rotatable bonds is 6. The zero-order valence-electron chi connectivity index (χ0n) is 16.1. The second-order valence-electron chi connectivity index (χ2n) is 7.12. The van der Waals surface area contributed by atoms with Crippen LogP contribution < -0.4 is 4.74 Å². The fraction of sp³-hybridized carbons (Fsp3) is 0.304. The Bertz CT molecular complexity index is 914. The van der Waals surface area contributed by atoms with Crippen LogP contribution in [0, 0.1) is 0 Å². The average molecular weight is 376 g/mol. The molecule has 2 aliphatic heterocycles. The Hall–Kier alpha value is -3.08. The van der Waals surface area contributed by atoms with Gasteiger partial charge >= 0.3 is 0 Å². The number of hydrogen-bond acceptors (Lipinski definition) is 4. The van der Waals surface area contributed by atoms with Crippen LogP contribution in [0.25, 0.3) is 5.57 Å². The molecule has 0 saturated carbocycles. The molecule has 0 bridgehead atoms. The quantitative estimate of drug-likeness (QED) is 0.727.